The molecule has 6 heteroatoms. The summed E-state index contributed by atoms with van der Waals surface area (Å²) >= 11 is 0. The first kappa shape index (κ1) is 13.9. The van der Waals surface area contributed by atoms with Gasteiger partial charge in [0.1, 0.15) is 18.8 Å². The average Bonchev–Trinajstić information content (AvgIpc) is 2.49. The van der Waals surface area contributed by atoms with Gasteiger partial charge < -0.3 is 10.2 Å². The van der Waals surface area contributed by atoms with Gasteiger partial charge in [0.2, 0.25) is 0 Å². The molecule has 1 heterocycles. The number of aliphatic hydroxyl groups excluding tert-OH is 2. The van der Waals surface area contributed by atoms with Gasteiger partial charge in [0.15, 0.2) is 11.3 Å². The fourth-order valence-corrected chi connectivity index (χ4v) is 2.58. The van der Waals surface area contributed by atoms with Crippen molar-refractivity contribution in [3.05, 3.63) is 48.0 Å². The molecule has 0 saturated carbocycles. The Morgan fingerprint density at radius 3 is 2.62 bits per heavy atom. The van der Waals surface area contributed by atoms with Crippen LogP contribution in [0.1, 0.15) is 12.0 Å². The third-order valence-electron chi connectivity index (χ3n) is 3.80. The topological polar surface area (TPSA) is 87.1 Å². The van der Waals surface area contributed by atoms with E-state index in [0.717, 1.165) is 10.6 Å². The molecular formula is C15H15NO5. The molecule has 0 aromatic heterocycles. The van der Waals surface area contributed by atoms with Crippen LogP contribution in [0.4, 0.5) is 0 Å². The average molecular weight is 289 g/mol. The van der Waals surface area contributed by atoms with Crippen LogP contribution >= 0.6 is 0 Å². The Balaban J connectivity index is 1.77. The van der Waals surface area contributed by atoms with Crippen LogP contribution in [0, 0.1) is 0 Å². The molecule has 1 aliphatic heterocycles. The predicted octanol–water partition coefficient (Wildman–Crippen LogP) is -0.0500. The molecule has 3 atom stereocenters. The standard InChI is InChI=1S/C15H15NO5/c17-11-6-7-15(14(20)13(11)19)8-12(18)16(15)21-9-10-4-2-1-3-5-10/h1-7,11,13,17,19H,8-9H2. The van der Waals surface area contributed by atoms with Crippen molar-refractivity contribution in [2.75, 3.05) is 0 Å². The Morgan fingerprint density at radius 2 is 1.95 bits per heavy atom. The summed E-state index contributed by atoms with van der Waals surface area (Å²) in [6, 6.07) is 9.24. The Kier molecular flexibility index (Phi) is 3.36. The van der Waals surface area contributed by atoms with Gasteiger partial charge in [-0.05, 0) is 11.6 Å². The number of nitrogens with zero attached hydrogens (tertiary/aromatic N) is 1. The SMILES string of the molecule is O=C1CC2(C=CC(O)C(O)C2=O)N1OCc1ccccc1. The first-order chi connectivity index (χ1) is 10.0. The number of aliphatic hydroxyl groups is 2. The lowest BCUT2D eigenvalue weighted by Gasteiger charge is -2.49. The Hall–Kier alpha value is -2.02. The largest absolute Gasteiger partial charge is 0.386 e. The first-order valence-corrected chi connectivity index (χ1v) is 6.64. The molecule has 0 bridgehead atoms. The van der Waals surface area contributed by atoms with E-state index < -0.39 is 23.5 Å². The smallest absolute Gasteiger partial charge is 0.250 e. The molecule has 21 heavy (non-hydrogen) atoms. The van der Waals surface area contributed by atoms with Crippen molar-refractivity contribution in [2.45, 2.75) is 30.8 Å². The number of amides is 1. The number of hydrogen-bond donors (Lipinski definition) is 2. The highest BCUT2D eigenvalue weighted by Crippen LogP contribution is 2.38. The molecule has 1 aromatic carbocycles. The first-order valence-electron chi connectivity index (χ1n) is 6.64. The fourth-order valence-electron chi connectivity index (χ4n) is 2.58. The maximum atomic E-state index is 12.2. The Labute approximate surface area is 121 Å². The summed E-state index contributed by atoms with van der Waals surface area (Å²) in [6.45, 7) is 0.147. The molecule has 2 aliphatic rings. The quantitative estimate of drug-likeness (QED) is 0.602. The van der Waals surface area contributed by atoms with Crippen molar-refractivity contribution in [1.82, 2.24) is 5.06 Å². The third kappa shape index (κ3) is 2.17. The van der Waals surface area contributed by atoms with E-state index in [2.05, 4.69) is 0 Å². The normalized spacial score (nSPS) is 31.6. The number of hydrogen-bond acceptors (Lipinski definition) is 5. The van der Waals surface area contributed by atoms with E-state index in [-0.39, 0.29) is 18.9 Å². The number of hydroxylamine groups is 2. The van der Waals surface area contributed by atoms with Crippen molar-refractivity contribution in [3.8, 4) is 0 Å². The Morgan fingerprint density at radius 1 is 1.24 bits per heavy atom. The van der Waals surface area contributed by atoms with Crippen LogP contribution in [0.25, 0.3) is 0 Å². The summed E-state index contributed by atoms with van der Waals surface area (Å²) in [5.41, 5.74) is -0.426. The summed E-state index contributed by atoms with van der Waals surface area (Å²) in [7, 11) is 0. The molecule has 0 radical (unpaired) electrons. The molecule has 1 spiro atoms. The number of carbonyl (C=O) groups is 2. The van der Waals surface area contributed by atoms with Gasteiger partial charge in [0, 0.05) is 0 Å². The number of rotatable bonds is 3. The zero-order chi connectivity index (χ0) is 15.0. The molecule has 1 saturated heterocycles. The summed E-state index contributed by atoms with van der Waals surface area (Å²) in [5.74, 6) is -0.947. The van der Waals surface area contributed by atoms with E-state index in [9.17, 15) is 19.8 Å². The van der Waals surface area contributed by atoms with Crippen LogP contribution in [0.15, 0.2) is 42.5 Å². The lowest BCUT2D eigenvalue weighted by Crippen LogP contribution is -2.70. The zero-order valence-electron chi connectivity index (χ0n) is 11.2. The number of carbonyl (C=O) groups excluding carboxylic acids is 2. The number of Topliss-reactive ketones (excluding diaryl/α,β-unsaturated/α-hetero) is 1. The van der Waals surface area contributed by atoms with Gasteiger partial charge in [-0.25, -0.2) is 5.06 Å². The molecule has 3 rings (SSSR count). The maximum absolute atomic E-state index is 12.2. The van der Waals surface area contributed by atoms with E-state index in [1.807, 2.05) is 30.3 Å². The van der Waals surface area contributed by atoms with Crippen molar-refractivity contribution in [3.63, 3.8) is 0 Å². The summed E-state index contributed by atoms with van der Waals surface area (Å²) in [4.78, 5) is 29.3. The molecule has 1 aliphatic carbocycles. The monoisotopic (exact) mass is 289 g/mol. The van der Waals surface area contributed by atoms with Crippen molar-refractivity contribution >= 4 is 11.7 Å². The third-order valence-corrected chi connectivity index (χ3v) is 3.80. The molecule has 110 valence electrons. The minimum absolute atomic E-state index is 0.0547. The van der Waals surface area contributed by atoms with E-state index in [0.29, 0.717) is 0 Å². The van der Waals surface area contributed by atoms with Crippen LogP contribution in [-0.2, 0) is 21.0 Å². The van der Waals surface area contributed by atoms with Crippen LogP contribution in [-0.4, -0.2) is 44.7 Å². The van der Waals surface area contributed by atoms with Gasteiger partial charge in [-0.1, -0.05) is 36.4 Å². The highest BCUT2D eigenvalue weighted by Gasteiger charge is 2.60. The van der Waals surface area contributed by atoms with Gasteiger partial charge >= 0.3 is 0 Å². The Bertz CT molecular complexity index is 599. The fraction of sp³-hybridized carbons (Fsp3) is 0.333. The molecule has 3 unspecified atom stereocenters. The molecule has 1 amide bonds. The lowest BCUT2D eigenvalue weighted by atomic mass is 9.75. The highest BCUT2D eigenvalue weighted by molar-refractivity contribution is 6.06. The molecular weight excluding hydrogens is 274 g/mol. The minimum Gasteiger partial charge on any atom is -0.386 e. The van der Waals surface area contributed by atoms with Crippen LogP contribution in [0.3, 0.4) is 0 Å². The second-order valence-electron chi connectivity index (χ2n) is 5.21. The van der Waals surface area contributed by atoms with Crippen molar-refractivity contribution < 1.29 is 24.6 Å². The summed E-state index contributed by atoms with van der Waals surface area (Å²) in [5, 5.41) is 20.1. The van der Waals surface area contributed by atoms with Gasteiger partial charge in [-0.2, -0.15) is 0 Å². The highest BCUT2D eigenvalue weighted by atomic mass is 16.7. The van der Waals surface area contributed by atoms with Gasteiger partial charge in [-0.15, -0.1) is 0 Å². The lowest BCUT2D eigenvalue weighted by molar-refractivity contribution is -0.251. The van der Waals surface area contributed by atoms with Crippen molar-refractivity contribution in [2.24, 2.45) is 0 Å². The van der Waals surface area contributed by atoms with Gasteiger partial charge in [-0.3, -0.25) is 14.4 Å². The van der Waals surface area contributed by atoms with Gasteiger partial charge in [0.25, 0.3) is 5.91 Å². The van der Waals surface area contributed by atoms with E-state index in [1.165, 1.54) is 12.2 Å². The second kappa shape index (κ2) is 5.07. The molecule has 2 N–H and O–H groups in total. The van der Waals surface area contributed by atoms with E-state index in [4.69, 9.17) is 4.84 Å². The maximum Gasteiger partial charge on any atom is 0.250 e. The molecule has 1 aromatic rings. The number of benzene rings is 1. The van der Waals surface area contributed by atoms with E-state index >= 15 is 0 Å². The number of β-lactam (4-membered cyclic amide) rings is 1. The summed E-state index contributed by atoms with van der Waals surface area (Å²) in [6.07, 6.45) is -0.0852. The van der Waals surface area contributed by atoms with Crippen LogP contribution in [0.2, 0.25) is 0 Å². The zero-order valence-corrected chi connectivity index (χ0v) is 11.2. The second-order valence-corrected chi connectivity index (χ2v) is 5.21. The van der Waals surface area contributed by atoms with Crippen molar-refractivity contribution in [1.29, 1.82) is 0 Å². The van der Waals surface area contributed by atoms with Crippen LogP contribution < -0.4 is 0 Å². The van der Waals surface area contributed by atoms with Crippen LogP contribution in [0.5, 0.6) is 0 Å². The summed E-state index contributed by atoms with van der Waals surface area (Å²) < 4.78 is 0. The minimum atomic E-state index is -1.54. The van der Waals surface area contributed by atoms with E-state index in [1.54, 1.807) is 0 Å². The number of ketones is 1. The molecule has 1 fully saturated rings. The predicted molar refractivity (Wildman–Crippen MR) is 71.6 cm³/mol. The molecule has 6 nitrogen and oxygen atoms in total. The van der Waals surface area contributed by atoms with Gasteiger partial charge in [0.05, 0.1) is 6.42 Å².